The zero-order valence-electron chi connectivity index (χ0n) is 10.0. The monoisotopic (exact) mass is 231 g/mol. The Labute approximate surface area is 102 Å². The van der Waals surface area contributed by atoms with Gasteiger partial charge in [0.25, 0.3) is 0 Å². The van der Waals surface area contributed by atoms with Crippen molar-refractivity contribution in [3.63, 3.8) is 0 Å². The average molecular weight is 231 g/mol. The number of nitrogens with two attached hydrogens (primary N) is 1. The predicted molar refractivity (Wildman–Crippen MR) is 66.7 cm³/mol. The van der Waals surface area contributed by atoms with Gasteiger partial charge in [0.1, 0.15) is 12.4 Å². The van der Waals surface area contributed by atoms with Gasteiger partial charge in [-0.3, -0.25) is 0 Å². The van der Waals surface area contributed by atoms with Crippen LogP contribution in [0.15, 0.2) is 18.2 Å². The van der Waals surface area contributed by atoms with E-state index in [0.717, 1.165) is 12.6 Å². The molecular formula is C13H17N3O. The third-order valence-electron chi connectivity index (χ3n) is 3.01. The zero-order valence-corrected chi connectivity index (χ0v) is 10.0. The molecule has 4 nitrogen and oxygen atoms in total. The van der Waals surface area contributed by atoms with Crippen LogP contribution in [0.25, 0.3) is 0 Å². The molecule has 0 saturated heterocycles. The van der Waals surface area contributed by atoms with Crippen LogP contribution >= 0.6 is 0 Å². The van der Waals surface area contributed by atoms with E-state index >= 15 is 0 Å². The van der Waals surface area contributed by atoms with E-state index in [-0.39, 0.29) is 0 Å². The van der Waals surface area contributed by atoms with Gasteiger partial charge < -0.3 is 15.4 Å². The summed E-state index contributed by atoms with van der Waals surface area (Å²) in [5.41, 5.74) is 6.94. The number of hydrogen-bond donors (Lipinski definition) is 1. The van der Waals surface area contributed by atoms with Gasteiger partial charge >= 0.3 is 0 Å². The van der Waals surface area contributed by atoms with Crippen LogP contribution in [0, 0.1) is 11.3 Å². The molecule has 2 rings (SSSR count). The lowest BCUT2D eigenvalue weighted by Crippen LogP contribution is -2.26. The standard InChI is InChI=1S/C13H17N3O/c1-16(11-3-4-11)6-7-17-13-8-10(9-14)2-5-12(13)15/h2,5,8,11H,3-4,6-7,15H2,1H3. The third-order valence-corrected chi connectivity index (χ3v) is 3.01. The number of nitrogen functional groups attached to an aromatic ring is 1. The second-order valence-electron chi connectivity index (χ2n) is 4.42. The van der Waals surface area contributed by atoms with E-state index in [1.165, 1.54) is 12.8 Å². The van der Waals surface area contributed by atoms with Crippen LogP contribution in [0.5, 0.6) is 5.75 Å². The maximum atomic E-state index is 8.79. The Kier molecular flexibility index (Phi) is 3.50. The molecule has 0 bridgehead atoms. The molecule has 1 aliphatic rings. The Bertz CT molecular complexity index is 435. The van der Waals surface area contributed by atoms with E-state index in [2.05, 4.69) is 18.0 Å². The van der Waals surface area contributed by atoms with E-state index < -0.39 is 0 Å². The van der Waals surface area contributed by atoms with Crippen LogP contribution in [-0.4, -0.2) is 31.1 Å². The molecule has 1 aromatic carbocycles. The number of nitrogens with zero attached hydrogens (tertiary/aromatic N) is 2. The van der Waals surface area contributed by atoms with Gasteiger partial charge in [0, 0.05) is 18.7 Å². The number of benzene rings is 1. The van der Waals surface area contributed by atoms with Crippen LogP contribution in [-0.2, 0) is 0 Å². The molecule has 1 aromatic rings. The van der Waals surface area contributed by atoms with E-state index in [1.807, 2.05) is 0 Å². The molecule has 0 aromatic heterocycles. The lowest BCUT2D eigenvalue weighted by molar-refractivity contribution is 0.232. The molecule has 0 heterocycles. The minimum atomic E-state index is 0.574. The molecule has 1 saturated carbocycles. The Morgan fingerprint density at radius 3 is 2.94 bits per heavy atom. The van der Waals surface area contributed by atoms with Gasteiger partial charge in [-0.2, -0.15) is 5.26 Å². The van der Waals surface area contributed by atoms with Crippen molar-refractivity contribution < 1.29 is 4.74 Å². The number of hydrogen-bond acceptors (Lipinski definition) is 4. The van der Waals surface area contributed by atoms with Crippen molar-refractivity contribution >= 4 is 5.69 Å². The average Bonchev–Trinajstić information content (AvgIpc) is 3.15. The van der Waals surface area contributed by atoms with Gasteiger partial charge in [-0.1, -0.05) is 0 Å². The molecule has 4 heteroatoms. The Morgan fingerprint density at radius 2 is 2.29 bits per heavy atom. The molecule has 90 valence electrons. The molecule has 0 spiro atoms. The zero-order chi connectivity index (χ0) is 12.3. The maximum absolute atomic E-state index is 8.79. The highest BCUT2D eigenvalue weighted by Crippen LogP contribution is 2.25. The van der Waals surface area contributed by atoms with Gasteiger partial charge in [-0.05, 0) is 32.0 Å². The molecule has 0 radical (unpaired) electrons. The summed E-state index contributed by atoms with van der Waals surface area (Å²) < 4.78 is 5.61. The largest absolute Gasteiger partial charge is 0.490 e. The van der Waals surface area contributed by atoms with Crippen LogP contribution in [0.3, 0.4) is 0 Å². The van der Waals surface area contributed by atoms with Crippen LogP contribution in [0.2, 0.25) is 0 Å². The minimum absolute atomic E-state index is 0.574. The lowest BCUT2D eigenvalue weighted by Gasteiger charge is -2.16. The Morgan fingerprint density at radius 1 is 1.53 bits per heavy atom. The molecule has 1 fully saturated rings. The highest BCUT2D eigenvalue weighted by molar-refractivity contribution is 5.55. The number of rotatable bonds is 5. The fourth-order valence-electron chi connectivity index (χ4n) is 1.73. The highest BCUT2D eigenvalue weighted by atomic mass is 16.5. The van der Waals surface area contributed by atoms with Crippen molar-refractivity contribution in [2.75, 3.05) is 25.9 Å². The van der Waals surface area contributed by atoms with Crippen molar-refractivity contribution in [1.82, 2.24) is 4.90 Å². The van der Waals surface area contributed by atoms with Gasteiger partial charge in [0.15, 0.2) is 0 Å². The van der Waals surface area contributed by atoms with Crippen molar-refractivity contribution in [3.05, 3.63) is 23.8 Å². The smallest absolute Gasteiger partial charge is 0.143 e. The normalized spacial score (nSPS) is 14.6. The van der Waals surface area contributed by atoms with E-state index in [9.17, 15) is 0 Å². The van der Waals surface area contributed by atoms with Gasteiger partial charge in [0.2, 0.25) is 0 Å². The first-order valence-electron chi connectivity index (χ1n) is 5.83. The minimum Gasteiger partial charge on any atom is -0.490 e. The molecule has 0 unspecified atom stereocenters. The number of ether oxygens (including phenoxy) is 1. The maximum Gasteiger partial charge on any atom is 0.143 e. The first-order chi connectivity index (χ1) is 8.20. The summed E-state index contributed by atoms with van der Waals surface area (Å²) in [5, 5.41) is 8.79. The topological polar surface area (TPSA) is 62.3 Å². The first kappa shape index (κ1) is 11.7. The van der Waals surface area contributed by atoms with Crippen molar-refractivity contribution in [3.8, 4) is 11.8 Å². The summed E-state index contributed by atoms with van der Waals surface area (Å²) >= 11 is 0. The van der Waals surface area contributed by atoms with Crippen molar-refractivity contribution in [2.24, 2.45) is 0 Å². The summed E-state index contributed by atoms with van der Waals surface area (Å²) in [6.45, 7) is 1.49. The van der Waals surface area contributed by atoms with E-state index in [1.54, 1.807) is 18.2 Å². The highest BCUT2D eigenvalue weighted by Gasteiger charge is 2.25. The van der Waals surface area contributed by atoms with Crippen LogP contribution < -0.4 is 10.5 Å². The third kappa shape index (κ3) is 3.11. The quantitative estimate of drug-likeness (QED) is 0.782. The first-order valence-corrected chi connectivity index (χ1v) is 5.83. The Balaban J connectivity index is 1.87. The number of nitriles is 1. The summed E-state index contributed by atoms with van der Waals surface area (Å²) in [7, 11) is 2.11. The van der Waals surface area contributed by atoms with E-state index in [4.69, 9.17) is 15.7 Å². The predicted octanol–water partition coefficient (Wildman–Crippen LogP) is 1.61. The molecule has 0 aliphatic heterocycles. The van der Waals surface area contributed by atoms with E-state index in [0.29, 0.717) is 23.6 Å². The lowest BCUT2D eigenvalue weighted by atomic mass is 10.2. The molecule has 2 N–H and O–H groups in total. The van der Waals surface area contributed by atoms with Crippen molar-refractivity contribution in [1.29, 1.82) is 5.26 Å². The van der Waals surface area contributed by atoms with Gasteiger partial charge in [0.05, 0.1) is 17.3 Å². The Hall–Kier alpha value is -1.73. The fourth-order valence-corrected chi connectivity index (χ4v) is 1.73. The summed E-state index contributed by atoms with van der Waals surface area (Å²) in [6, 6.07) is 7.90. The van der Waals surface area contributed by atoms with Crippen molar-refractivity contribution in [2.45, 2.75) is 18.9 Å². The second-order valence-corrected chi connectivity index (χ2v) is 4.42. The second kappa shape index (κ2) is 5.07. The number of anilines is 1. The molecule has 0 amide bonds. The van der Waals surface area contributed by atoms with Crippen LogP contribution in [0.4, 0.5) is 5.69 Å². The van der Waals surface area contributed by atoms with Gasteiger partial charge in [-0.15, -0.1) is 0 Å². The molecule has 1 aliphatic carbocycles. The van der Waals surface area contributed by atoms with Gasteiger partial charge in [-0.25, -0.2) is 0 Å². The summed E-state index contributed by atoms with van der Waals surface area (Å²) in [5.74, 6) is 0.605. The number of likely N-dealkylation sites (N-methyl/N-ethyl adjacent to an activating group) is 1. The molecule has 0 atom stereocenters. The molecule has 17 heavy (non-hydrogen) atoms. The SMILES string of the molecule is CN(CCOc1cc(C#N)ccc1N)C1CC1. The van der Waals surface area contributed by atoms with Crippen LogP contribution in [0.1, 0.15) is 18.4 Å². The molecular weight excluding hydrogens is 214 g/mol. The fraction of sp³-hybridized carbons (Fsp3) is 0.462. The summed E-state index contributed by atoms with van der Waals surface area (Å²) in [6.07, 6.45) is 2.59. The summed E-state index contributed by atoms with van der Waals surface area (Å²) in [4.78, 5) is 2.30.